The average molecular weight is 310 g/mol. The lowest BCUT2D eigenvalue weighted by atomic mass is 10.2. The Bertz CT molecular complexity index is 889. The number of benzene rings is 1. The van der Waals surface area contributed by atoms with Crippen molar-refractivity contribution in [1.29, 1.82) is 0 Å². The van der Waals surface area contributed by atoms with Gasteiger partial charge in [-0.05, 0) is 45.0 Å². The van der Waals surface area contributed by atoms with Crippen molar-refractivity contribution in [2.75, 3.05) is 5.32 Å². The molecule has 2 aromatic heterocycles. The van der Waals surface area contributed by atoms with Crippen molar-refractivity contribution in [3.05, 3.63) is 47.9 Å². The van der Waals surface area contributed by atoms with Crippen molar-refractivity contribution < 1.29 is 9.59 Å². The second kappa shape index (κ2) is 5.72. The summed E-state index contributed by atoms with van der Waals surface area (Å²) in [5.74, 6) is -0.366. The van der Waals surface area contributed by atoms with Crippen LogP contribution in [0.2, 0.25) is 0 Å². The summed E-state index contributed by atoms with van der Waals surface area (Å²) in [4.78, 5) is 26.4. The predicted molar refractivity (Wildman–Crippen MR) is 88.9 cm³/mol. The third-order valence-corrected chi connectivity index (χ3v) is 3.68. The molecule has 3 rings (SSSR count). The van der Waals surface area contributed by atoms with E-state index in [0.717, 1.165) is 10.9 Å². The highest BCUT2D eigenvalue weighted by molar-refractivity contribution is 6.05. The summed E-state index contributed by atoms with van der Waals surface area (Å²) in [5.41, 5.74) is 2.49. The molecule has 6 nitrogen and oxygen atoms in total. The van der Waals surface area contributed by atoms with Gasteiger partial charge in [-0.3, -0.25) is 14.3 Å². The van der Waals surface area contributed by atoms with Crippen molar-refractivity contribution >= 4 is 28.3 Å². The number of ketones is 1. The van der Waals surface area contributed by atoms with Crippen LogP contribution in [0, 0.1) is 0 Å². The molecule has 1 amide bonds. The molecule has 0 atom stereocenters. The number of hydrogen-bond acceptors (Lipinski definition) is 3. The number of amides is 1. The molecule has 2 N–H and O–H groups in total. The zero-order valence-corrected chi connectivity index (χ0v) is 13.3. The maximum Gasteiger partial charge on any atom is 0.272 e. The van der Waals surface area contributed by atoms with Gasteiger partial charge in [-0.25, -0.2) is 0 Å². The van der Waals surface area contributed by atoms with Crippen LogP contribution in [0.1, 0.15) is 47.7 Å². The van der Waals surface area contributed by atoms with Crippen molar-refractivity contribution in [2.45, 2.75) is 26.8 Å². The van der Waals surface area contributed by atoms with Gasteiger partial charge in [0.05, 0.1) is 11.7 Å². The fraction of sp³-hybridized carbons (Fsp3) is 0.235. The largest absolute Gasteiger partial charge is 0.356 e. The normalized spacial score (nSPS) is 11.1. The van der Waals surface area contributed by atoms with Gasteiger partial charge < -0.3 is 10.3 Å². The van der Waals surface area contributed by atoms with Crippen molar-refractivity contribution in [2.24, 2.45) is 0 Å². The first-order valence-electron chi connectivity index (χ1n) is 7.43. The maximum atomic E-state index is 12.3. The fourth-order valence-electron chi connectivity index (χ4n) is 2.45. The highest BCUT2D eigenvalue weighted by Gasteiger charge is 2.12. The number of carbonyl (C=O) groups excluding carboxylic acids is 2. The van der Waals surface area contributed by atoms with Gasteiger partial charge in [0.2, 0.25) is 0 Å². The molecule has 3 aromatic rings. The lowest BCUT2D eigenvalue weighted by Gasteiger charge is -2.09. The van der Waals surface area contributed by atoms with Crippen molar-refractivity contribution in [3.63, 3.8) is 0 Å². The van der Waals surface area contributed by atoms with Crippen LogP contribution >= 0.6 is 0 Å². The maximum absolute atomic E-state index is 12.3. The second-order valence-electron chi connectivity index (χ2n) is 5.77. The van der Waals surface area contributed by atoms with Crippen LogP contribution in [0.4, 0.5) is 5.69 Å². The molecule has 2 heterocycles. The van der Waals surface area contributed by atoms with Gasteiger partial charge in [0.1, 0.15) is 5.69 Å². The Kier molecular flexibility index (Phi) is 3.73. The predicted octanol–water partition coefficient (Wildman–Crippen LogP) is 3.40. The summed E-state index contributed by atoms with van der Waals surface area (Å²) >= 11 is 0. The first kappa shape index (κ1) is 15.0. The van der Waals surface area contributed by atoms with E-state index in [1.807, 2.05) is 29.1 Å². The Labute approximate surface area is 133 Å². The highest BCUT2D eigenvalue weighted by atomic mass is 16.2. The molecule has 0 aliphatic heterocycles. The quantitative estimate of drug-likeness (QED) is 0.725. The van der Waals surface area contributed by atoms with Gasteiger partial charge in [-0.15, -0.1) is 0 Å². The topological polar surface area (TPSA) is 79.8 Å². The molecule has 23 heavy (non-hydrogen) atoms. The molecule has 1 aromatic carbocycles. The third kappa shape index (κ3) is 2.88. The van der Waals surface area contributed by atoms with Crippen LogP contribution < -0.4 is 5.32 Å². The fourth-order valence-corrected chi connectivity index (χ4v) is 2.45. The van der Waals surface area contributed by atoms with Crippen LogP contribution in [0.3, 0.4) is 0 Å². The molecule has 0 unspecified atom stereocenters. The SMILES string of the molecule is CC(=O)c1c[nH]c(C(=O)Nc2ccc3cnn(C(C)C)c3c2)c1. The molecule has 0 saturated carbocycles. The lowest BCUT2D eigenvalue weighted by molar-refractivity contribution is 0.101. The van der Waals surface area contributed by atoms with E-state index >= 15 is 0 Å². The second-order valence-corrected chi connectivity index (χ2v) is 5.77. The van der Waals surface area contributed by atoms with Gasteiger partial charge in [-0.2, -0.15) is 5.10 Å². The van der Waals surface area contributed by atoms with Crippen molar-refractivity contribution in [3.8, 4) is 0 Å². The number of aromatic nitrogens is 3. The number of carbonyl (C=O) groups is 2. The number of hydrogen-bond donors (Lipinski definition) is 2. The number of anilines is 1. The van der Waals surface area contributed by atoms with Crippen LogP contribution in [-0.4, -0.2) is 26.5 Å². The van der Waals surface area contributed by atoms with E-state index in [0.29, 0.717) is 16.9 Å². The van der Waals surface area contributed by atoms with E-state index in [9.17, 15) is 9.59 Å². The molecule has 0 spiro atoms. The van der Waals surface area contributed by atoms with Gasteiger partial charge in [-0.1, -0.05) is 0 Å². The molecule has 0 bridgehead atoms. The monoisotopic (exact) mass is 310 g/mol. The zero-order chi connectivity index (χ0) is 16.6. The molecule has 118 valence electrons. The van der Waals surface area contributed by atoms with Gasteiger partial charge >= 0.3 is 0 Å². The Morgan fingerprint density at radius 2 is 2.04 bits per heavy atom. The summed E-state index contributed by atoms with van der Waals surface area (Å²) in [5, 5.41) is 8.22. The zero-order valence-electron chi connectivity index (χ0n) is 13.3. The number of fused-ring (bicyclic) bond motifs is 1. The molecule has 0 aliphatic rings. The van der Waals surface area contributed by atoms with Crippen LogP contribution in [0.25, 0.3) is 10.9 Å². The highest BCUT2D eigenvalue weighted by Crippen LogP contribution is 2.22. The van der Waals surface area contributed by atoms with Gasteiger partial charge in [0, 0.05) is 28.9 Å². The van der Waals surface area contributed by atoms with E-state index in [1.54, 1.807) is 6.07 Å². The number of nitrogens with one attached hydrogen (secondary N) is 2. The Morgan fingerprint density at radius 3 is 2.70 bits per heavy atom. The van der Waals surface area contributed by atoms with E-state index in [4.69, 9.17) is 0 Å². The number of aromatic amines is 1. The third-order valence-electron chi connectivity index (χ3n) is 3.68. The first-order valence-corrected chi connectivity index (χ1v) is 7.43. The lowest BCUT2D eigenvalue weighted by Crippen LogP contribution is -2.12. The standard InChI is InChI=1S/C17H18N4O2/c1-10(2)21-16-7-14(5-4-12(16)9-19-21)20-17(23)15-6-13(8-18-15)11(3)22/h4-10,18H,1-3H3,(H,20,23). The molecule has 0 radical (unpaired) electrons. The van der Waals surface area contributed by atoms with Crippen molar-refractivity contribution in [1.82, 2.24) is 14.8 Å². The van der Waals surface area contributed by atoms with Gasteiger partial charge in [0.15, 0.2) is 5.78 Å². The smallest absolute Gasteiger partial charge is 0.272 e. The Balaban J connectivity index is 1.86. The van der Waals surface area contributed by atoms with E-state index < -0.39 is 0 Å². The summed E-state index contributed by atoms with van der Waals surface area (Å²) in [6.45, 7) is 5.58. The van der Waals surface area contributed by atoms with Crippen LogP contribution in [0.15, 0.2) is 36.7 Å². The van der Waals surface area contributed by atoms with E-state index in [1.165, 1.54) is 13.1 Å². The minimum absolute atomic E-state index is 0.0810. The molecular weight excluding hydrogens is 292 g/mol. The number of rotatable bonds is 4. The van der Waals surface area contributed by atoms with Crippen LogP contribution in [0.5, 0.6) is 0 Å². The Morgan fingerprint density at radius 1 is 1.26 bits per heavy atom. The summed E-state index contributed by atoms with van der Waals surface area (Å²) in [6, 6.07) is 7.44. The molecule has 6 heteroatoms. The molecule has 0 aliphatic carbocycles. The number of nitrogens with zero attached hydrogens (tertiary/aromatic N) is 2. The minimum Gasteiger partial charge on any atom is -0.356 e. The first-order chi connectivity index (χ1) is 11.0. The summed E-state index contributed by atoms with van der Waals surface area (Å²) in [6.07, 6.45) is 3.35. The van der Waals surface area contributed by atoms with Crippen LogP contribution in [-0.2, 0) is 0 Å². The number of H-pyrrole nitrogens is 1. The van der Waals surface area contributed by atoms with E-state index in [-0.39, 0.29) is 17.7 Å². The minimum atomic E-state index is -0.285. The van der Waals surface area contributed by atoms with Gasteiger partial charge in [0.25, 0.3) is 5.91 Å². The average Bonchev–Trinajstić information content (AvgIpc) is 3.13. The Hall–Kier alpha value is -2.89. The summed E-state index contributed by atoms with van der Waals surface area (Å²) in [7, 11) is 0. The van der Waals surface area contributed by atoms with E-state index in [2.05, 4.69) is 29.2 Å². The number of Topliss-reactive ketones (excluding diaryl/α,β-unsaturated/α-hetero) is 1. The molecule has 0 fully saturated rings. The molecule has 0 saturated heterocycles. The summed E-state index contributed by atoms with van der Waals surface area (Å²) < 4.78 is 1.91. The molecular formula is C17H18N4O2.